The Hall–Kier alpha value is -1.93. The lowest BCUT2D eigenvalue weighted by Crippen LogP contribution is -2.48. The molecule has 7 nitrogen and oxygen atoms in total. The number of nitrogens with zero attached hydrogens (tertiary/aromatic N) is 3. The topological polar surface area (TPSA) is 92.1 Å². The van der Waals surface area contributed by atoms with Gasteiger partial charge in [-0.25, -0.2) is 4.98 Å². The molecule has 0 aromatic carbocycles. The maximum absolute atomic E-state index is 12.6. The molecular formula is C18H26BN5O2. The average molecular weight is 355 g/mol. The smallest absolute Gasteiger partial charge is 0.252 e. The van der Waals surface area contributed by atoms with Gasteiger partial charge in [-0.1, -0.05) is 0 Å². The molecule has 2 fully saturated rings. The Morgan fingerprint density at radius 3 is 2.81 bits per heavy atom. The zero-order valence-electron chi connectivity index (χ0n) is 15.5. The van der Waals surface area contributed by atoms with Crippen molar-refractivity contribution in [3.05, 3.63) is 28.7 Å². The molecule has 138 valence electrons. The number of rotatable bonds is 3. The molecule has 26 heavy (non-hydrogen) atoms. The third-order valence-corrected chi connectivity index (χ3v) is 5.98. The van der Waals surface area contributed by atoms with Crippen LogP contribution in [0.4, 0.5) is 5.95 Å². The van der Waals surface area contributed by atoms with Gasteiger partial charge < -0.3 is 15.7 Å². The van der Waals surface area contributed by atoms with Gasteiger partial charge >= 0.3 is 0 Å². The fourth-order valence-corrected chi connectivity index (χ4v) is 4.31. The quantitative estimate of drug-likeness (QED) is 0.690. The van der Waals surface area contributed by atoms with Crippen LogP contribution in [0.2, 0.25) is 0 Å². The zero-order valence-corrected chi connectivity index (χ0v) is 15.5. The minimum absolute atomic E-state index is 0.0579. The van der Waals surface area contributed by atoms with Gasteiger partial charge in [-0.2, -0.15) is 4.98 Å². The number of hydrogen-bond acceptors (Lipinski definition) is 6. The number of anilines is 1. The molecule has 2 aliphatic rings. The average Bonchev–Trinajstić information content (AvgIpc) is 2.94. The van der Waals surface area contributed by atoms with Crippen LogP contribution in [0.5, 0.6) is 0 Å². The summed E-state index contributed by atoms with van der Waals surface area (Å²) in [5.74, 6) is 0.541. The highest BCUT2D eigenvalue weighted by molar-refractivity contribution is 6.17. The van der Waals surface area contributed by atoms with E-state index in [2.05, 4.69) is 23.5 Å². The summed E-state index contributed by atoms with van der Waals surface area (Å²) >= 11 is 0. The van der Waals surface area contributed by atoms with Gasteiger partial charge in [-0.15, -0.1) is 0 Å². The van der Waals surface area contributed by atoms with Crippen LogP contribution in [0, 0.1) is 0 Å². The summed E-state index contributed by atoms with van der Waals surface area (Å²) in [5, 5.41) is 18.4. The molecule has 1 aliphatic heterocycles. The molecule has 1 saturated heterocycles. The lowest BCUT2D eigenvalue weighted by Gasteiger charge is -2.35. The van der Waals surface area contributed by atoms with Gasteiger partial charge in [0, 0.05) is 23.1 Å². The Bertz CT molecular complexity index is 876. The number of nitrogens with one attached hydrogen (secondary N) is 2. The molecule has 8 heteroatoms. The third-order valence-electron chi connectivity index (χ3n) is 5.98. The molecule has 3 heterocycles. The summed E-state index contributed by atoms with van der Waals surface area (Å²) in [4.78, 5) is 21.8. The number of piperidine rings is 1. The van der Waals surface area contributed by atoms with E-state index < -0.39 is 5.60 Å². The van der Waals surface area contributed by atoms with Crippen molar-refractivity contribution in [2.75, 3.05) is 18.4 Å². The van der Waals surface area contributed by atoms with Crippen molar-refractivity contribution < 1.29 is 5.11 Å². The Kier molecular flexibility index (Phi) is 4.27. The second-order valence-electron chi connectivity index (χ2n) is 8.21. The van der Waals surface area contributed by atoms with Crippen LogP contribution in [0.15, 0.2) is 23.1 Å². The first-order valence-corrected chi connectivity index (χ1v) is 9.48. The van der Waals surface area contributed by atoms with E-state index in [9.17, 15) is 9.90 Å². The molecule has 0 bridgehead atoms. The van der Waals surface area contributed by atoms with Crippen LogP contribution in [0.1, 0.15) is 45.1 Å². The van der Waals surface area contributed by atoms with Crippen LogP contribution in [0.25, 0.3) is 11.0 Å². The summed E-state index contributed by atoms with van der Waals surface area (Å²) in [6.45, 7) is 3.74. The fraction of sp³-hybridized carbons (Fsp3) is 0.611. The van der Waals surface area contributed by atoms with Crippen molar-refractivity contribution in [3.8, 4) is 0 Å². The molecule has 3 N–H and O–H groups in total. The Morgan fingerprint density at radius 2 is 2.12 bits per heavy atom. The number of aliphatic hydroxyl groups is 1. The van der Waals surface area contributed by atoms with Crippen LogP contribution in [-0.4, -0.2) is 51.6 Å². The summed E-state index contributed by atoms with van der Waals surface area (Å²) < 4.78 is 1.67. The lowest BCUT2D eigenvalue weighted by atomic mass is 9.71. The second-order valence-corrected chi connectivity index (χ2v) is 8.21. The van der Waals surface area contributed by atoms with Gasteiger partial charge in [0.05, 0.1) is 11.6 Å². The minimum atomic E-state index is -0.891. The number of fused-ring (bicyclic) bond motifs is 1. The van der Waals surface area contributed by atoms with Crippen molar-refractivity contribution in [2.45, 2.75) is 56.1 Å². The Balaban J connectivity index is 1.77. The van der Waals surface area contributed by atoms with E-state index in [0.29, 0.717) is 18.0 Å². The lowest BCUT2D eigenvalue weighted by molar-refractivity contribution is 0.0267. The summed E-state index contributed by atoms with van der Waals surface area (Å²) in [6, 6.07) is 3.05. The van der Waals surface area contributed by atoms with E-state index in [1.54, 1.807) is 22.9 Å². The molecule has 0 unspecified atom stereocenters. The molecular weight excluding hydrogens is 329 g/mol. The Morgan fingerprint density at radius 1 is 1.35 bits per heavy atom. The van der Waals surface area contributed by atoms with Gasteiger partial charge in [0.25, 0.3) is 5.56 Å². The van der Waals surface area contributed by atoms with Crippen molar-refractivity contribution in [2.24, 2.45) is 0 Å². The van der Waals surface area contributed by atoms with Gasteiger partial charge in [0.1, 0.15) is 13.5 Å². The summed E-state index contributed by atoms with van der Waals surface area (Å²) in [6.07, 6.45) is 6.13. The molecule has 2 aromatic heterocycles. The van der Waals surface area contributed by atoms with Gasteiger partial charge in [-0.3, -0.25) is 9.36 Å². The van der Waals surface area contributed by atoms with Crippen molar-refractivity contribution in [1.29, 1.82) is 0 Å². The SMILES string of the molecule is BC1(Nc2ncc3ccc(=O)n([C@@H]4CCC[C@@]4(C)O)c3n2)CCNCC1. The molecule has 2 aromatic rings. The van der Waals surface area contributed by atoms with Gasteiger partial charge in [-0.05, 0) is 58.2 Å². The second kappa shape index (κ2) is 6.35. The van der Waals surface area contributed by atoms with E-state index >= 15 is 0 Å². The maximum Gasteiger partial charge on any atom is 0.252 e. The fourth-order valence-electron chi connectivity index (χ4n) is 4.31. The predicted octanol–water partition coefficient (Wildman–Crippen LogP) is 0.392. The number of pyridine rings is 1. The maximum atomic E-state index is 12.6. The zero-order chi connectivity index (χ0) is 18.4. The van der Waals surface area contributed by atoms with Crippen molar-refractivity contribution in [3.63, 3.8) is 0 Å². The molecule has 2 atom stereocenters. The molecule has 0 spiro atoms. The summed E-state index contributed by atoms with van der Waals surface area (Å²) in [7, 11) is 2.18. The minimum Gasteiger partial charge on any atom is -0.388 e. The monoisotopic (exact) mass is 355 g/mol. The largest absolute Gasteiger partial charge is 0.388 e. The highest BCUT2D eigenvalue weighted by Crippen LogP contribution is 2.39. The first-order chi connectivity index (χ1) is 12.4. The molecule has 0 amide bonds. The standard InChI is InChI=1S/C18H26BN5O2/c1-17(26)6-2-3-13(17)24-14(25)5-4-12-11-21-16(22-15(12)24)23-18(19)7-9-20-10-8-18/h4-5,11,13,20,26H,2-3,6-10,19H2,1H3,(H,21,22,23)/t13-,17-/m1/s1. The normalized spacial score (nSPS) is 28.3. The van der Waals surface area contributed by atoms with Gasteiger partial charge in [0.15, 0.2) is 0 Å². The molecule has 1 aliphatic carbocycles. The summed E-state index contributed by atoms with van der Waals surface area (Å²) in [5.41, 5.74) is -0.475. The molecule has 0 radical (unpaired) electrons. The first kappa shape index (κ1) is 17.5. The Labute approximate surface area is 153 Å². The number of hydrogen-bond donors (Lipinski definition) is 3. The first-order valence-electron chi connectivity index (χ1n) is 9.48. The van der Waals surface area contributed by atoms with E-state index in [1.165, 1.54) is 0 Å². The predicted molar refractivity (Wildman–Crippen MR) is 104 cm³/mol. The van der Waals surface area contributed by atoms with E-state index in [1.807, 2.05) is 6.92 Å². The van der Waals surface area contributed by atoms with Crippen LogP contribution in [0.3, 0.4) is 0 Å². The van der Waals surface area contributed by atoms with Crippen molar-refractivity contribution in [1.82, 2.24) is 19.9 Å². The molecule has 1 saturated carbocycles. The van der Waals surface area contributed by atoms with Crippen LogP contribution < -0.4 is 16.2 Å². The number of aromatic nitrogens is 3. The van der Waals surface area contributed by atoms with E-state index in [-0.39, 0.29) is 17.0 Å². The van der Waals surface area contributed by atoms with Crippen molar-refractivity contribution >= 4 is 24.8 Å². The molecule has 4 rings (SSSR count). The highest BCUT2D eigenvalue weighted by Gasteiger charge is 2.39. The van der Waals surface area contributed by atoms with Crippen LogP contribution >= 0.6 is 0 Å². The highest BCUT2D eigenvalue weighted by atomic mass is 16.3. The van der Waals surface area contributed by atoms with E-state index in [0.717, 1.165) is 44.2 Å². The van der Waals surface area contributed by atoms with Gasteiger partial charge in [0.2, 0.25) is 5.95 Å². The van der Waals surface area contributed by atoms with E-state index in [4.69, 9.17) is 4.98 Å². The van der Waals surface area contributed by atoms with Crippen LogP contribution in [-0.2, 0) is 0 Å². The third kappa shape index (κ3) is 3.12.